The quantitative estimate of drug-likeness (QED) is 0.850. The number of nitrogens with one attached hydrogen (secondary N) is 1. The molecule has 4 heteroatoms. The van der Waals surface area contributed by atoms with Crippen LogP contribution < -0.4 is 5.32 Å². The molecule has 2 aromatic rings. The number of fused-ring (bicyclic) bond motifs is 1. The summed E-state index contributed by atoms with van der Waals surface area (Å²) in [5, 5.41) is 13.9. The Morgan fingerprint density at radius 1 is 1.11 bits per heavy atom. The van der Waals surface area contributed by atoms with Gasteiger partial charge >= 0.3 is 0 Å². The molecule has 4 nitrogen and oxygen atoms in total. The van der Waals surface area contributed by atoms with Gasteiger partial charge in [0, 0.05) is 17.6 Å². The number of hydrogen-bond acceptors (Lipinski definition) is 4. The van der Waals surface area contributed by atoms with Gasteiger partial charge < -0.3 is 10.4 Å². The van der Waals surface area contributed by atoms with Crippen molar-refractivity contribution < 1.29 is 5.11 Å². The Hall–Kier alpha value is -1.68. The summed E-state index contributed by atoms with van der Waals surface area (Å²) < 4.78 is 0. The Kier molecular flexibility index (Phi) is 3.11. The standard InChI is InChI=1S/C14H17N3O/c18-12-7-5-11(6-8-12)16-14-15-9-10-3-1-2-4-13(10)17-14/h1-4,9,11-12,18H,5-8H2,(H,15,16,17)/t11-,12-. The first-order valence-electron chi connectivity index (χ1n) is 6.47. The molecule has 1 aromatic carbocycles. The lowest BCUT2D eigenvalue weighted by atomic mass is 9.93. The van der Waals surface area contributed by atoms with Crippen LogP contribution in [0.4, 0.5) is 5.95 Å². The van der Waals surface area contributed by atoms with Gasteiger partial charge in [-0.05, 0) is 31.7 Å². The molecule has 1 aliphatic carbocycles. The lowest BCUT2D eigenvalue weighted by molar-refractivity contribution is 0.126. The van der Waals surface area contributed by atoms with Gasteiger partial charge in [0.25, 0.3) is 0 Å². The van der Waals surface area contributed by atoms with Crippen molar-refractivity contribution in [2.24, 2.45) is 0 Å². The number of anilines is 1. The van der Waals surface area contributed by atoms with Crippen LogP contribution in [0, 0.1) is 0 Å². The fraction of sp³-hybridized carbons (Fsp3) is 0.429. The molecular formula is C14H17N3O. The summed E-state index contributed by atoms with van der Waals surface area (Å²) in [5.74, 6) is 0.690. The molecule has 0 atom stereocenters. The Morgan fingerprint density at radius 2 is 1.89 bits per heavy atom. The fourth-order valence-corrected chi connectivity index (χ4v) is 2.44. The van der Waals surface area contributed by atoms with E-state index in [1.165, 1.54) is 0 Å². The normalized spacial score (nSPS) is 24.1. The lowest BCUT2D eigenvalue weighted by Crippen LogP contribution is -2.28. The van der Waals surface area contributed by atoms with Gasteiger partial charge in [0.05, 0.1) is 11.6 Å². The minimum atomic E-state index is -0.124. The second-order valence-corrected chi connectivity index (χ2v) is 4.90. The maximum Gasteiger partial charge on any atom is 0.223 e. The summed E-state index contributed by atoms with van der Waals surface area (Å²) in [6.45, 7) is 0. The van der Waals surface area contributed by atoms with Crippen LogP contribution in [0.5, 0.6) is 0 Å². The highest BCUT2D eigenvalue weighted by Crippen LogP contribution is 2.21. The third kappa shape index (κ3) is 2.43. The van der Waals surface area contributed by atoms with Crippen molar-refractivity contribution in [1.29, 1.82) is 0 Å². The van der Waals surface area contributed by atoms with Crippen LogP contribution >= 0.6 is 0 Å². The average molecular weight is 243 g/mol. The van der Waals surface area contributed by atoms with Gasteiger partial charge in [-0.1, -0.05) is 18.2 Å². The molecule has 0 saturated heterocycles. The van der Waals surface area contributed by atoms with Crippen LogP contribution in [-0.4, -0.2) is 27.2 Å². The third-order valence-electron chi connectivity index (χ3n) is 3.52. The first-order chi connectivity index (χ1) is 8.81. The molecule has 0 spiro atoms. The minimum Gasteiger partial charge on any atom is -0.393 e. The van der Waals surface area contributed by atoms with Crippen molar-refractivity contribution in [2.45, 2.75) is 37.8 Å². The SMILES string of the molecule is O[C@H]1CC[C@H](Nc2ncc3ccccc3n2)CC1. The molecule has 94 valence electrons. The summed E-state index contributed by atoms with van der Waals surface area (Å²) in [6, 6.07) is 8.36. The van der Waals surface area contributed by atoms with E-state index >= 15 is 0 Å². The van der Waals surface area contributed by atoms with Crippen molar-refractivity contribution in [3.8, 4) is 0 Å². The number of aliphatic hydroxyl groups excluding tert-OH is 1. The summed E-state index contributed by atoms with van der Waals surface area (Å²) >= 11 is 0. The topological polar surface area (TPSA) is 58.0 Å². The first kappa shape index (κ1) is 11.4. The van der Waals surface area contributed by atoms with E-state index < -0.39 is 0 Å². The van der Waals surface area contributed by atoms with Crippen LogP contribution in [0.1, 0.15) is 25.7 Å². The third-order valence-corrected chi connectivity index (χ3v) is 3.52. The molecule has 1 aromatic heterocycles. The zero-order valence-electron chi connectivity index (χ0n) is 10.2. The number of aliphatic hydroxyl groups is 1. The van der Waals surface area contributed by atoms with Crippen LogP contribution in [0.2, 0.25) is 0 Å². The van der Waals surface area contributed by atoms with Gasteiger partial charge in [0.1, 0.15) is 0 Å². The summed E-state index contributed by atoms with van der Waals surface area (Å²) in [6.07, 6.45) is 5.42. The molecule has 1 heterocycles. The maximum absolute atomic E-state index is 9.48. The maximum atomic E-state index is 9.48. The van der Waals surface area contributed by atoms with Crippen molar-refractivity contribution >= 4 is 16.9 Å². The van der Waals surface area contributed by atoms with E-state index in [-0.39, 0.29) is 6.10 Å². The van der Waals surface area contributed by atoms with Crippen molar-refractivity contribution in [1.82, 2.24) is 9.97 Å². The van der Waals surface area contributed by atoms with Crippen LogP contribution in [-0.2, 0) is 0 Å². The summed E-state index contributed by atoms with van der Waals surface area (Å²) in [7, 11) is 0. The summed E-state index contributed by atoms with van der Waals surface area (Å²) in [5.41, 5.74) is 0.964. The van der Waals surface area contributed by atoms with Crippen molar-refractivity contribution in [3.05, 3.63) is 30.5 Å². The molecule has 0 aliphatic heterocycles. The number of hydrogen-bond donors (Lipinski definition) is 2. The average Bonchev–Trinajstić information content (AvgIpc) is 2.41. The highest BCUT2D eigenvalue weighted by molar-refractivity contribution is 5.78. The zero-order valence-corrected chi connectivity index (χ0v) is 10.2. The fourth-order valence-electron chi connectivity index (χ4n) is 2.44. The van der Waals surface area contributed by atoms with Crippen molar-refractivity contribution in [3.63, 3.8) is 0 Å². The Morgan fingerprint density at radius 3 is 2.72 bits per heavy atom. The van der Waals surface area contributed by atoms with E-state index in [9.17, 15) is 5.11 Å². The molecule has 1 aliphatic rings. The van der Waals surface area contributed by atoms with Crippen LogP contribution in [0.25, 0.3) is 10.9 Å². The molecule has 0 radical (unpaired) electrons. The number of rotatable bonds is 2. The molecule has 1 fully saturated rings. The summed E-state index contributed by atoms with van der Waals surface area (Å²) in [4.78, 5) is 8.84. The van der Waals surface area contributed by atoms with Gasteiger partial charge in [-0.3, -0.25) is 0 Å². The predicted octanol–water partition coefficient (Wildman–Crippen LogP) is 2.35. The molecule has 0 amide bonds. The van der Waals surface area contributed by atoms with E-state index in [1.54, 1.807) is 0 Å². The molecule has 2 N–H and O–H groups in total. The van der Waals surface area contributed by atoms with E-state index in [0.29, 0.717) is 12.0 Å². The largest absolute Gasteiger partial charge is 0.393 e. The molecule has 18 heavy (non-hydrogen) atoms. The number of para-hydroxylation sites is 1. The molecule has 0 unspecified atom stereocenters. The highest BCUT2D eigenvalue weighted by atomic mass is 16.3. The van der Waals surface area contributed by atoms with E-state index in [2.05, 4.69) is 15.3 Å². The first-order valence-corrected chi connectivity index (χ1v) is 6.47. The molecular weight excluding hydrogens is 226 g/mol. The second-order valence-electron chi connectivity index (χ2n) is 4.90. The smallest absolute Gasteiger partial charge is 0.223 e. The predicted molar refractivity (Wildman–Crippen MR) is 71.4 cm³/mol. The zero-order chi connectivity index (χ0) is 12.4. The van der Waals surface area contributed by atoms with Crippen LogP contribution in [0.15, 0.2) is 30.5 Å². The highest BCUT2D eigenvalue weighted by Gasteiger charge is 2.19. The van der Waals surface area contributed by atoms with E-state index in [0.717, 1.165) is 36.6 Å². The van der Waals surface area contributed by atoms with E-state index in [1.807, 2.05) is 30.5 Å². The Bertz CT molecular complexity index is 535. The van der Waals surface area contributed by atoms with Gasteiger partial charge in [0.2, 0.25) is 5.95 Å². The second kappa shape index (κ2) is 4.90. The number of nitrogens with zero attached hydrogens (tertiary/aromatic N) is 2. The van der Waals surface area contributed by atoms with Crippen LogP contribution in [0.3, 0.4) is 0 Å². The lowest BCUT2D eigenvalue weighted by Gasteiger charge is -2.26. The molecule has 3 rings (SSSR count). The van der Waals surface area contributed by atoms with Gasteiger partial charge in [-0.15, -0.1) is 0 Å². The minimum absolute atomic E-state index is 0.124. The van der Waals surface area contributed by atoms with E-state index in [4.69, 9.17) is 0 Å². The Labute approximate surface area is 106 Å². The molecule has 0 bridgehead atoms. The van der Waals surface area contributed by atoms with Gasteiger partial charge in [-0.2, -0.15) is 0 Å². The van der Waals surface area contributed by atoms with Gasteiger partial charge in [0.15, 0.2) is 0 Å². The van der Waals surface area contributed by atoms with Crippen molar-refractivity contribution in [2.75, 3.05) is 5.32 Å². The Balaban J connectivity index is 1.74. The number of benzene rings is 1. The van der Waals surface area contributed by atoms with Gasteiger partial charge in [-0.25, -0.2) is 9.97 Å². The molecule has 1 saturated carbocycles. The monoisotopic (exact) mass is 243 g/mol. The number of aromatic nitrogens is 2.